The molecule has 0 aromatic rings. The average molecular weight is 418 g/mol. The average Bonchev–Trinajstić information content (AvgIpc) is 2.61. The highest BCUT2D eigenvalue weighted by atomic mass is 127. The monoisotopic (exact) mass is 418 g/mol. The van der Waals surface area contributed by atoms with E-state index in [0.29, 0.717) is 12.4 Å². The number of rotatable bonds is 4. The van der Waals surface area contributed by atoms with Gasteiger partial charge in [0, 0.05) is 31.7 Å². The van der Waals surface area contributed by atoms with Crippen molar-refractivity contribution in [3.8, 4) is 0 Å². The van der Waals surface area contributed by atoms with Gasteiger partial charge in [-0.25, -0.2) is 8.42 Å². The molecule has 0 bridgehead atoms. The van der Waals surface area contributed by atoms with Crippen molar-refractivity contribution in [3.05, 3.63) is 0 Å². The highest BCUT2D eigenvalue weighted by molar-refractivity contribution is 14.0. The third-order valence-corrected chi connectivity index (χ3v) is 4.64. The van der Waals surface area contributed by atoms with E-state index in [4.69, 9.17) is 0 Å². The summed E-state index contributed by atoms with van der Waals surface area (Å²) in [6.07, 6.45) is 0.656. The van der Waals surface area contributed by atoms with E-state index in [0.717, 1.165) is 13.1 Å². The highest BCUT2D eigenvalue weighted by Crippen LogP contribution is 2.10. The topological polar surface area (TPSA) is 82.6 Å². The lowest BCUT2D eigenvalue weighted by molar-refractivity contribution is 0.428. The minimum atomic E-state index is -2.85. The molecule has 6 nitrogen and oxygen atoms in total. The SMILES string of the molecule is CN=C(NCCNC(C)(C)C)NC1CCS(=O)(=O)C1.I. The van der Waals surface area contributed by atoms with Crippen molar-refractivity contribution in [1.82, 2.24) is 16.0 Å². The Bertz CT molecular complexity index is 418. The Morgan fingerprint density at radius 2 is 1.95 bits per heavy atom. The van der Waals surface area contributed by atoms with Gasteiger partial charge >= 0.3 is 0 Å². The van der Waals surface area contributed by atoms with Crippen LogP contribution in [-0.2, 0) is 9.84 Å². The lowest BCUT2D eigenvalue weighted by atomic mass is 10.1. The lowest BCUT2D eigenvalue weighted by Crippen LogP contribution is -2.47. The molecule has 0 aliphatic carbocycles. The minimum Gasteiger partial charge on any atom is -0.355 e. The molecule has 0 aromatic heterocycles. The van der Waals surface area contributed by atoms with Crippen molar-refractivity contribution >= 4 is 39.8 Å². The zero-order valence-corrected chi connectivity index (χ0v) is 15.8. The predicted octanol–water partition coefficient (Wildman–Crippen LogP) is 0.345. The Kier molecular flexibility index (Phi) is 8.34. The largest absolute Gasteiger partial charge is 0.355 e. The summed E-state index contributed by atoms with van der Waals surface area (Å²) >= 11 is 0. The molecule has 1 heterocycles. The zero-order valence-electron chi connectivity index (χ0n) is 12.7. The smallest absolute Gasteiger partial charge is 0.191 e. The van der Waals surface area contributed by atoms with E-state index in [9.17, 15) is 8.42 Å². The lowest BCUT2D eigenvalue weighted by Gasteiger charge is -2.21. The number of halogens is 1. The van der Waals surface area contributed by atoms with Gasteiger partial charge in [-0.05, 0) is 27.2 Å². The summed E-state index contributed by atoms with van der Waals surface area (Å²) in [4.78, 5) is 4.11. The molecular formula is C12H27IN4O2S. The zero-order chi connectivity index (χ0) is 14.5. The quantitative estimate of drug-likeness (QED) is 0.266. The molecule has 1 unspecified atom stereocenters. The van der Waals surface area contributed by atoms with Crippen molar-refractivity contribution in [3.63, 3.8) is 0 Å². The molecule has 1 aliphatic heterocycles. The Balaban J connectivity index is 0.00000361. The van der Waals surface area contributed by atoms with Gasteiger partial charge in [0.15, 0.2) is 15.8 Å². The number of nitrogens with zero attached hydrogens (tertiary/aromatic N) is 1. The van der Waals surface area contributed by atoms with Gasteiger partial charge in [0.1, 0.15) is 0 Å². The van der Waals surface area contributed by atoms with Crippen LogP contribution in [0.2, 0.25) is 0 Å². The number of sulfone groups is 1. The second-order valence-corrected chi connectivity index (χ2v) is 8.15. The van der Waals surface area contributed by atoms with E-state index in [1.165, 1.54) is 0 Å². The molecule has 1 aliphatic rings. The van der Waals surface area contributed by atoms with Crippen LogP contribution in [0.5, 0.6) is 0 Å². The first-order valence-corrected chi connectivity index (χ1v) is 8.47. The Morgan fingerprint density at radius 1 is 1.30 bits per heavy atom. The summed E-state index contributed by atoms with van der Waals surface area (Å²) in [6.45, 7) is 7.92. The van der Waals surface area contributed by atoms with Gasteiger partial charge in [0.05, 0.1) is 11.5 Å². The van der Waals surface area contributed by atoms with Crippen molar-refractivity contribution < 1.29 is 8.42 Å². The van der Waals surface area contributed by atoms with Gasteiger partial charge < -0.3 is 16.0 Å². The van der Waals surface area contributed by atoms with E-state index in [2.05, 4.69) is 41.7 Å². The van der Waals surface area contributed by atoms with E-state index in [1.54, 1.807) is 7.05 Å². The van der Waals surface area contributed by atoms with Crippen LogP contribution in [0.1, 0.15) is 27.2 Å². The van der Waals surface area contributed by atoms with Gasteiger partial charge in [0.2, 0.25) is 0 Å². The highest BCUT2D eigenvalue weighted by Gasteiger charge is 2.28. The molecule has 0 aromatic carbocycles. The molecule has 0 amide bonds. The van der Waals surface area contributed by atoms with Crippen molar-refractivity contribution in [1.29, 1.82) is 0 Å². The number of nitrogens with one attached hydrogen (secondary N) is 3. The van der Waals surface area contributed by atoms with Crippen molar-refractivity contribution in [2.45, 2.75) is 38.8 Å². The van der Waals surface area contributed by atoms with Crippen LogP contribution in [-0.4, -0.2) is 57.6 Å². The fourth-order valence-electron chi connectivity index (χ4n) is 1.92. The summed E-state index contributed by atoms with van der Waals surface area (Å²) in [5.74, 6) is 1.14. The van der Waals surface area contributed by atoms with Gasteiger partial charge in [-0.1, -0.05) is 0 Å². The fourth-order valence-corrected chi connectivity index (χ4v) is 3.59. The van der Waals surface area contributed by atoms with Gasteiger partial charge in [-0.3, -0.25) is 4.99 Å². The Labute approximate surface area is 139 Å². The first-order chi connectivity index (χ1) is 8.72. The maximum absolute atomic E-state index is 11.4. The maximum Gasteiger partial charge on any atom is 0.191 e. The summed E-state index contributed by atoms with van der Waals surface area (Å²) in [6, 6.07) is -0.0215. The van der Waals surface area contributed by atoms with Gasteiger partial charge in [-0.2, -0.15) is 0 Å². The second-order valence-electron chi connectivity index (χ2n) is 5.92. The van der Waals surface area contributed by atoms with Crippen LogP contribution in [0.15, 0.2) is 4.99 Å². The first-order valence-electron chi connectivity index (χ1n) is 6.64. The predicted molar refractivity (Wildman–Crippen MR) is 94.7 cm³/mol. The third-order valence-electron chi connectivity index (χ3n) is 2.87. The Hall–Kier alpha value is -0.0900. The normalized spacial score (nSPS) is 22.2. The van der Waals surface area contributed by atoms with Crippen LogP contribution in [0.25, 0.3) is 0 Å². The summed E-state index contributed by atoms with van der Waals surface area (Å²) < 4.78 is 22.7. The second kappa shape index (κ2) is 8.38. The maximum atomic E-state index is 11.4. The molecule has 3 N–H and O–H groups in total. The molecule has 1 atom stereocenters. The van der Waals surface area contributed by atoms with Crippen molar-refractivity contribution in [2.75, 3.05) is 31.6 Å². The van der Waals surface area contributed by atoms with Crippen molar-refractivity contribution in [2.24, 2.45) is 4.99 Å². The minimum absolute atomic E-state index is 0. The Morgan fingerprint density at radius 3 is 2.40 bits per heavy atom. The molecular weight excluding hydrogens is 391 g/mol. The molecule has 8 heteroatoms. The van der Waals surface area contributed by atoms with E-state index < -0.39 is 9.84 Å². The van der Waals surface area contributed by atoms with E-state index >= 15 is 0 Å². The number of guanidine groups is 1. The molecule has 0 radical (unpaired) electrons. The molecule has 120 valence electrons. The van der Waals surface area contributed by atoms with Crippen LogP contribution in [0.4, 0.5) is 0 Å². The van der Waals surface area contributed by atoms with Crippen LogP contribution < -0.4 is 16.0 Å². The summed E-state index contributed by atoms with van der Waals surface area (Å²) in [7, 11) is -1.16. The summed E-state index contributed by atoms with van der Waals surface area (Å²) in [5.41, 5.74) is 0.0954. The number of hydrogen-bond donors (Lipinski definition) is 3. The number of aliphatic imine (C=N–C) groups is 1. The molecule has 0 saturated carbocycles. The fraction of sp³-hybridized carbons (Fsp3) is 0.917. The van der Waals surface area contributed by atoms with E-state index in [1.807, 2.05) is 0 Å². The van der Waals surface area contributed by atoms with Crippen LogP contribution in [0.3, 0.4) is 0 Å². The number of hydrogen-bond acceptors (Lipinski definition) is 4. The molecule has 1 rings (SSSR count). The molecule has 1 fully saturated rings. The standard InChI is InChI=1S/C12H26N4O2S.HI/c1-12(2,3)15-7-6-14-11(13-4)16-10-5-8-19(17,18)9-10;/h10,15H,5-9H2,1-4H3,(H2,13,14,16);1H. The van der Waals surface area contributed by atoms with E-state index in [-0.39, 0.29) is 47.1 Å². The first kappa shape index (κ1) is 19.9. The van der Waals surface area contributed by atoms with Gasteiger partial charge in [0.25, 0.3) is 0 Å². The van der Waals surface area contributed by atoms with Crippen LogP contribution in [0, 0.1) is 0 Å². The summed E-state index contributed by atoms with van der Waals surface area (Å²) in [5, 5.41) is 9.70. The third kappa shape index (κ3) is 8.25. The molecule has 20 heavy (non-hydrogen) atoms. The van der Waals surface area contributed by atoms with Gasteiger partial charge in [-0.15, -0.1) is 24.0 Å². The molecule has 1 saturated heterocycles. The van der Waals surface area contributed by atoms with Crippen LogP contribution >= 0.6 is 24.0 Å². The molecule has 0 spiro atoms.